The van der Waals surface area contributed by atoms with E-state index in [4.69, 9.17) is 11.6 Å². The number of nitrogens with zero attached hydrogens (tertiary/aromatic N) is 5. The molecule has 2 aliphatic heterocycles. The predicted molar refractivity (Wildman–Crippen MR) is 78.4 cm³/mol. The molecule has 2 fully saturated rings. The summed E-state index contributed by atoms with van der Waals surface area (Å²) < 4.78 is 0. The maximum atomic E-state index is 9.77. The first-order valence-corrected chi connectivity index (χ1v) is 7.70. The highest BCUT2D eigenvalue weighted by atomic mass is 35.5. The number of hydrogen-bond donors (Lipinski definition) is 1. The fraction of sp³-hybridized carbons (Fsp3) is 0.769. The van der Waals surface area contributed by atoms with Gasteiger partial charge in [-0.1, -0.05) is 0 Å². The third kappa shape index (κ3) is 3.12. The van der Waals surface area contributed by atoms with Crippen molar-refractivity contribution < 1.29 is 5.11 Å². The first-order chi connectivity index (χ1) is 9.72. The molecule has 0 spiro atoms. The van der Waals surface area contributed by atoms with Crippen LogP contribution in [0.5, 0.6) is 0 Å². The van der Waals surface area contributed by atoms with E-state index in [0.717, 1.165) is 32.5 Å². The summed E-state index contributed by atoms with van der Waals surface area (Å²) in [6.45, 7) is 3.38. The molecule has 0 saturated carbocycles. The highest BCUT2D eigenvalue weighted by molar-refractivity contribution is 6.28. The van der Waals surface area contributed by atoms with Crippen molar-refractivity contribution in [3.8, 4) is 0 Å². The number of halogens is 1. The van der Waals surface area contributed by atoms with Gasteiger partial charge < -0.3 is 14.9 Å². The fourth-order valence-electron chi connectivity index (χ4n) is 2.84. The molecule has 0 aliphatic carbocycles. The molecule has 0 aromatic carbocycles. The highest BCUT2D eigenvalue weighted by Crippen LogP contribution is 2.22. The molecule has 0 amide bonds. The number of β-amino-alcohol motifs (C(OH)–C–C–N with tert-alkyl or cyclic N) is 1. The molecule has 1 atom stereocenters. The van der Waals surface area contributed by atoms with Gasteiger partial charge in [0.05, 0.1) is 6.10 Å². The fourth-order valence-corrected chi connectivity index (χ4v) is 2.99. The molecular weight excluding hydrogens is 278 g/mol. The molecule has 3 heterocycles. The van der Waals surface area contributed by atoms with E-state index in [9.17, 15) is 5.11 Å². The second kappa shape index (κ2) is 6.10. The monoisotopic (exact) mass is 297 g/mol. The van der Waals surface area contributed by atoms with Crippen molar-refractivity contribution >= 4 is 23.5 Å². The van der Waals surface area contributed by atoms with Crippen molar-refractivity contribution in [1.29, 1.82) is 0 Å². The van der Waals surface area contributed by atoms with Crippen LogP contribution in [0, 0.1) is 0 Å². The Morgan fingerprint density at radius 2 is 1.55 bits per heavy atom. The lowest BCUT2D eigenvalue weighted by atomic mass is 10.1. The van der Waals surface area contributed by atoms with Gasteiger partial charge in [-0.15, -0.1) is 0 Å². The van der Waals surface area contributed by atoms with E-state index in [1.807, 2.05) is 4.90 Å². The first kappa shape index (κ1) is 13.8. The number of aliphatic hydroxyl groups is 1. The maximum Gasteiger partial charge on any atom is 0.231 e. The van der Waals surface area contributed by atoms with Gasteiger partial charge in [-0.2, -0.15) is 15.0 Å². The van der Waals surface area contributed by atoms with E-state index in [2.05, 4.69) is 19.9 Å². The summed E-state index contributed by atoms with van der Waals surface area (Å²) >= 11 is 6.05. The van der Waals surface area contributed by atoms with Crippen LogP contribution in [0.4, 0.5) is 11.9 Å². The minimum atomic E-state index is -0.308. The van der Waals surface area contributed by atoms with Crippen molar-refractivity contribution in [1.82, 2.24) is 15.0 Å². The molecule has 2 saturated heterocycles. The minimum absolute atomic E-state index is 0.232. The Hall–Kier alpha value is -1.14. The van der Waals surface area contributed by atoms with Crippen LogP contribution in [0.15, 0.2) is 0 Å². The molecule has 1 aromatic heterocycles. The number of piperidine rings is 2. The third-order valence-electron chi connectivity index (χ3n) is 3.90. The number of aliphatic hydroxyl groups excluding tert-OH is 1. The summed E-state index contributed by atoms with van der Waals surface area (Å²) in [6.07, 6.45) is 5.08. The van der Waals surface area contributed by atoms with Crippen LogP contribution < -0.4 is 9.80 Å². The lowest BCUT2D eigenvalue weighted by molar-refractivity contribution is 0.153. The maximum absolute atomic E-state index is 9.77. The molecule has 110 valence electrons. The summed E-state index contributed by atoms with van der Waals surface area (Å²) in [4.78, 5) is 17.2. The van der Waals surface area contributed by atoms with Gasteiger partial charge in [0.1, 0.15) is 0 Å². The Labute approximate surface area is 123 Å². The molecule has 7 heteroatoms. The first-order valence-electron chi connectivity index (χ1n) is 7.32. The lowest BCUT2D eigenvalue weighted by Crippen LogP contribution is -2.40. The zero-order valence-corrected chi connectivity index (χ0v) is 12.3. The van der Waals surface area contributed by atoms with Crippen LogP contribution >= 0.6 is 11.6 Å². The minimum Gasteiger partial charge on any atom is -0.391 e. The van der Waals surface area contributed by atoms with Crippen LogP contribution in [-0.2, 0) is 0 Å². The normalized spacial score (nSPS) is 24.0. The number of hydrogen-bond acceptors (Lipinski definition) is 6. The SMILES string of the molecule is OC1CCCN(c2nc(Cl)nc(N3CCCCC3)n2)C1. The summed E-state index contributed by atoms with van der Waals surface area (Å²) in [5, 5.41) is 10.0. The van der Waals surface area contributed by atoms with Gasteiger partial charge in [0, 0.05) is 26.2 Å². The van der Waals surface area contributed by atoms with Gasteiger partial charge in [0.15, 0.2) is 0 Å². The topological polar surface area (TPSA) is 65.4 Å². The second-order valence-electron chi connectivity index (χ2n) is 5.49. The zero-order chi connectivity index (χ0) is 13.9. The van der Waals surface area contributed by atoms with Crippen molar-refractivity contribution in [2.24, 2.45) is 0 Å². The van der Waals surface area contributed by atoms with Gasteiger partial charge in [0.25, 0.3) is 0 Å². The summed E-state index contributed by atoms with van der Waals surface area (Å²) in [5.74, 6) is 1.25. The lowest BCUT2D eigenvalue weighted by Gasteiger charge is -2.31. The molecule has 1 N–H and O–H groups in total. The predicted octanol–water partition coefficient (Wildman–Crippen LogP) is 1.48. The standard InChI is InChI=1S/C13H20ClN5O/c14-11-15-12(18-6-2-1-3-7-18)17-13(16-11)19-8-4-5-10(20)9-19/h10,20H,1-9H2. The van der Waals surface area contributed by atoms with Crippen LogP contribution in [0.25, 0.3) is 0 Å². The number of rotatable bonds is 2. The van der Waals surface area contributed by atoms with Crippen LogP contribution in [0.3, 0.4) is 0 Å². The van der Waals surface area contributed by atoms with Crippen LogP contribution in [-0.4, -0.2) is 52.3 Å². The molecule has 0 radical (unpaired) electrons. The van der Waals surface area contributed by atoms with Crippen LogP contribution in [0.2, 0.25) is 5.28 Å². The number of aromatic nitrogens is 3. The summed E-state index contributed by atoms with van der Waals surface area (Å²) in [5.41, 5.74) is 0. The Morgan fingerprint density at radius 1 is 0.900 bits per heavy atom. The van der Waals surface area contributed by atoms with Gasteiger partial charge in [-0.25, -0.2) is 0 Å². The summed E-state index contributed by atoms with van der Waals surface area (Å²) in [6, 6.07) is 0. The quantitative estimate of drug-likeness (QED) is 0.892. The Balaban J connectivity index is 1.82. The van der Waals surface area contributed by atoms with E-state index in [1.165, 1.54) is 19.3 Å². The van der Waals surface area contributed by atoms with Crippen molar-refractivity contribution in [2.45, 2.75) is 38.2 Å². The Morgan fingerprint density at radius 3 is 2.25 bits per heavy atom. The van der Waals surface area contributed by atoms with Crippen molar-refractivity contribution in [3.63, 3.8) is 0 Å². The molecular formula is C13H20ClN5O. The Bertz CT molecular complexity index is 466. The van der Waals surface area contributed by atoms with Crippen molar-refractivity contribution in [3.05, 3.63) is 5.28 Å². The molecule has 20 heavy (non-hydrogen) atoms. The molecule has 2 aliphatic rings. The average molecular weight is 298 g/mol. The van der Waals surface area contributed by atoms with E-state index >= 15 is 0 Å². The van der Waals surface area contributed by atoms with E-state index in [0.29, 0.717) is 18.4 Å². The zero-order valence-electron chi connectivity index (χ0n) is 11.5. The van der Waals surface area contributed by atoms with E-state index in [-0.39, 0.29) is 11.4 Å². The Kier molecular flexibility index (Phi) is 4.21. The van der Waals surface area contributed by atoms with E-state index < -0.39 is 0 Å². The largest absolute Gasteiger partial charge is 0.391 e. The van der Waals surface area contributed by atoms with Gasteiger partial charge in [-0.05, 0) is 43.7 Å². The molecule has 1 aromatic rings. The van der Waals surface area contributed by atoms with Gasteiger partial charge >= 0.3 is 0 Å². The average Bonchev–Trinajstić information content (AvgIpc) is 2.47. The van der Waals surface area contributed by atoms with Gasteiger partial charge in [-0.3, -0.25) is 0 Å². The smallest absolute Gasteiger partial charge is 0.231 e. The van der Waals surface area contributed by atoms with Gasteiger partial charge in [0.2, 0.25) is 17.2 Å². The molecule has 0 bridgehead atoms. The van der Waals surface area contributed by atoms with Crippen LogP contribution in [0.1, 0.15) is 32.1 Å². The molecule has 6 nitrogen and oxygen atoms in total. The van der Waals surface area contributed by atoms with Crippen molar-refractivity contribution in [2.75, 3.05) is 36.0 Å². The summed E-state index contributed by atoms with van der Waals surface area (Å²) in [7, 11) is 0. The highest BCUT2D eigenvalue weighted by Gasteiger charge is 2.22. The number of anilines is 2. The molecule has 3 rings (SSSR count). The third-order valence-corrected chi connectivity index (χ3v) is 4.07. The molecule has 1 unspecified atom stereocenters. The van der Waals surface area contributed by atoms with E-state index in [1.54, 1.807) is 0 Å². The second-order valence-corrected chi connectivity index (χ2v) is 5.83.